The Hall–Kier alpha value is -0.597. The van der Waals surface area contributed by atoms with Crippen LogP contribution in [0.1, 0.15) is 0 Å². The first-order valence-corrected chi connectivity index (χ1v) is 4.72. The van der Waals surface area contributed by atoms with Gasteiger partial charge in [-0.2, -0.15) is 0 Å². The zero-order valence-corrected chi connectivity index (χ0v) is 9.74. The predicted molar refractivity (Wildman–Crippen MR) is 39.7 cm³/mol. The molecule has 0 spiro atoms. The van der Waals surface area contributed by atoms with Crippen LogP contribution in [0, 0.1) is 0 Å². The number of rotatable bonds is 3. The second-order valence-corrected chi connectivity index (χ2v) is 1.89. The van der Waals surface area contributed by atoms with Crippen molar-refractivity contribution in [2.24, 2.45) is 0 Å². The molecule has 3 nitrogen and oxygen atoms in total. The first-order chi connectivity index (χ1) is 5.93. The minimum atomic E-state index is 0.0644. The summed E-state index contributed by atoms with van der Waals surface area (Å²) >= 11 is 0.125. The number of para-hydroxylation sites is 1. The molecule has 0 saturated heterocycles. The molecule has 1 rings (SSSR count). The summed E-state index contributed by atoms with van der Waals surface area (Å²) in [5.41, 5.74) is 0. The van der Waals surface area contributed by atoms with Crippen LogP contribution in [-0.4, -0.2) is 18.3 Å². The topological polar surface area (TPSA) is 46.5 Å². The van der Waals surface area contributed by atoms with Crippen LogP contribution < -0.4 is 4.74 Å². The molecule has 0 aliphatic rings. The Kier molecular flexibility index (Phi) is 8.08. The van der Waals surface area contributed by atoms with Crippen molar-refractivity contribution in [2.75, 3.05) is 13.2 Å². The summed E-state index contributed by atoms with van der Waals surface area (Å²) in [7, 11) is 0. The summed E-state index contributed by atoms with van der Waals surface area (Å²) in [5.74, 6) is 0.802. The molecule has 1 aromatic carbocycles. The molecule has 0 saturated carbocycles. The molecule has 12 heavy (non-hydrogen) atoms. The molecule has 0 atom stereocenters. The molecule has 0 bridgehead atoms. The van der Waals surface area contributed by atoms with Gasteiger partial charge < -0.3 is 9.84 Å². The van der Waals surface area contributed by atoms with E-state index in [1.165, 1.54) is 0 Å². The van der Waals surface area contributed by atoms with Gasteiger partial charge in [-0.25, -0.2) is 0 Å². The fourth-order valence-electron chi connectivity index (χ4n) is 0.680. The van der Waals surface area contributed by atoms with Crippen molar-refractivity contribution in [2.45, 2.75) is 0 Å². The molecule has 0 aromatic heterocycles. The van der Waals surface area contributed by atoms with Gasteiger partial charge >= 0.3 is 21.8 Å². The van der Waals surface area contributed by atoms with Crippen molar-refractivity contribution in [3.05, 3.63) is 30.3 Å². The number of benzene rings is 1. The van der Waals surface area contributed by atoms with Crippen LogP contribution in [0.2, 0.25) is 0 Å². The van der Waals surface area contributed by atoms with E-state index in [2.05, 4.69) is 0 Å². The van der Waals surface area contributed by atoms with E-state index in [0.29, 0.717) is 6.61 Å². The molecular formula is C8H10O3Zn. The van der Waals surface area contributed by atoms with E-state index in [9.17, 15) is 0 Å². The molecule has 62 valence electrons. The quantitative estimate of drug-likeness (QED) is 0.770. The number of hydrogen-bond donors (Lipinski definition) is 1. The predicted octanol–water partition coefficient (Wildman–Crippen LogP) is 0.936. The van der Waals surface area contributed by atoms with Crippen LogP contribution in [0.3, 0.4) is 0 Å². The molecule has 0 amide bonds. The van der Waals surface area contributed by atoms with Gasteiger partial charge in [0.15, 0.2) is 0 Å². The van der Waals surface area contributed by atoms with E-state index in [4.69, 9.17) is 13.4 Å². The SMILES string of the molecule is OCCOc1ccccc1.[O]=[Zn]. The Morgan fingerprint density at radius 2 is 1.83 bits per heavy atom. The van der Waals surface area contributed by atoms with Crippen molar-refractivity contribution in [1.82, 2.24) is 0 Å². The fourth-order valence-corrected chi connectivity index (χ4v) is 0.680. The second-order valence-electron chi connectivity index (χ2n) is 1.89. The number of ether oxygens (including phenoxy) is 1. The normalized spacial score (nSPS) is 8.25. The summed E-state index contributed by atoms with van der Waals surface area (Å²) in [6, 6.07) is 9.43. The Morgan fingerprint density at radius 1 is 1.25 bits per heavy atom. The van der Waals surface area contributed by atoms with Crippen molar-refractivity contribution in [3.8, 4) is 5.75 Å². The van der Waals surface area contributed by atoms with E-state index in [-0.39, 0.29) is 24.9 Å². The Balaban J connectivity index is 0.000000561. The minimum absolute atomic E-state index is 0.0644. The molecular weight excluding hydrogens is 209 g/mol. The van der Waals surface area contributed by atoms with Gasteiger partial charge in [0.25, 0.3) is 0 Å². The van der Waals surface area contributed by atoms with Crippen molar-refractivity contribution in [3.63, 3.8) is 0 Å². The van der Waals surface area contributed by atoms with Gasteiger partial charge in [0, 0.05) is 0 Å². The monoisotopic (exact) mass is 218 g/mol. The molecule has 0 unspecified atom stereocenters. The van der Waals surface area contributed by atoms with E-state index in [0.717, 1.165) is 5.75 Å². The zero-order chi connectivity index (χ0) is 9.23. The summed E-state index contributed by atoms with van der Waals surface area (Å²) in [6.45, 7) is 0.429. The third-order valence-electron chi connectivity index (χ3n) is 1.10. The van der Waals surface area contributed by atoms with Gasteiger partial charge in [-0.1, -0.05) is 18.2 Å². The molecule has 4 heteroatoms. The van der Waals surface area contributed by atoms with Crippen LogP contribution >= 0.6 is 0 Å². The fraction of sp³-hybridized carbons (Fsp3) is 0.250. The van der Waals surface area contributed by atoms with E-state index in [1.54, 1.807) is 0 Å². The van der Waals surface area contributed by atoms with E-state index >= 15 is 0 Å². The summed E-state index contributed by atoms with van der Waals surface area (Å²) in [4.78, 5) is 0. The van der Waals surface area contributed by atoms with Gasteiger partial charge in [-0.05, 0) is 12.1 Å². The average Bonchev–Trinajstić information content (AvgIpc) is 2.19. The third kappa shape index (κ3) is 5.11. The first-order valence-electron chi connectivity index (χ1n) is 3.51. The van der Waals surface area contributed by atoms with Crippen LogP contribution in [0.4, 0.5) is 0 Å². The Morgan fingerprint density at radius 3 is 2.33 bits per heavy atom. The molecule has 1 aromatic rings. The van der Waals surface area contributed by atoms with Crippen LogP contribution in [0.25, 0.3) is 0 Å². The number of aliphatic hydroxyl groups excluding tert-OH is 1. The summed E-state index contributed by atoms with van der Waals surface area (Å²) < 4.78 is 13.5. The average molecular weight is 220 g/mol. The van der Waals surface area contributed by atoms with Crippen LogP contribution in [0.5, 0.6) is 5.75 Å². The van der Waals surface area contributed by atoms with Gasteiger partial charge in [-0.3, -0.25) is 0 Å². The standard InChI is InChI=1S/C8H10O2.O.Zn/c9-6-7-10-8-4-2-1-3-5-8;;/h1-5,9H,6-7H2;;. The van der Waals surface area contributed by atoms with Crippen molar-refractivity contribution < 1.29 is 31.7 Å². The van der Waals surface area contributed by atoms with Gasteiger partial charge in [0.2, 0.25) is 0 Å². The first kappa shape index (κ1) is 11.4. The van der Waals surface area contributed by atoms with Gasteiger partial charge in [0.05, 0.1) is 6.61 Å². The van der Waals surface area contributed by atoms with Crippen molar-refractivity contribution >= 4 is 0 Å². The molecule has 0 aliphatic carbocycles. The Bertz CT molecular complexity index is 191. The molecule has 0 fully saturated rings. The molecule has 1 N–H and O–H groups in total. The van der Waals surface area contributed by atoms with Crippen LogP contribution in [-0.2, 0) is 21.8 Å². The summed E-state index contributed by atoms with van der Waals surface area (Å²) in [6.07, 6.45) is 0. The molecule has 0 aliphatic heterocycles. The third-order valence-corrected chi connectivity index (χ3v) is 1.10. The molecule has 0 radical (unpaired) electrons. The van der Waals surface area contributed by atoms with E-state index in [1.807, 2.05) is 30.3 Å². The van der Waals surface area contributed by atoms with Gasteiger partial charge in [-0.15, -0.1) is 0 Å². The maximum atomic E-state index is 8.40. The molecule has 0 heterocycles. The zero-order valence-electron chi connectivity index (χ0n) is 6.77. The van der Waals surface area contributed by atoms with Gasteiger partial charge in [0.1, 0.15) is 12.4 Å². The number of aliphatic hydroxyl groups is 1. The summed E-state index contributed by atoms with van der Waals surface area (Å²) in [5, 5.41) is 8.40. The maximum absolute atomic E-state index is 8.40. The number of hydrogen-bond acceptors (Lipinski definition) is 3. The van der Waals surface area contributed by atoms with E-state index < -0.39 is 0 Å². The van der Waals surface area contributed by atoms with Crippen molar-refractivity contribution in [1.29, 1.82) is 0 Å². The Labute approximate surface area is 81.3 Å². The van der Waals surface area contributed by atoms with Crippen LogP contribution in [0.15, 0.2) is 30.3 Å². The second kappa shape index (κ2) is 8.50.